The van der Waals surface area contributed by atoms with Crippen LogP contribution in [0.2, 0.25) is 0 Å². The van der Waals surface area contributed by atoms with Crippen molar-refractivity contribution in [2.24, 2.45) is 0 Å². The largest absolute Gasteiger partial charge is 0.504 e. The normalized spacial score (nSPS) is 11.0. The number of nitrogens with zero attached hydrogens (tertiary/aromatic N) is 1. The Morgan fingerprint density at radius 2 is 2.12 bits per heavy atom. The van der Waals surface area contributed by atoms with Gasteiger partial charge in [0.2, 0.25) is 0 Å². The molecule has 3 nitrogen and oxygen atoms in total. The van der Waals surface area contributed by atoms with Gasteiger partial charge in [0.1, 0.15) is 23.6 Å². The van der Waals surface area contributed by atoms with E-state index in [0.717, 1.165) is 6.07 Å². The molecule has 2 rings (SSSR count). The van der Waals surface area contributed by atoms with Crippen LogP contribution >= 0.6 is 0 Å². The number of benzene rings is 1. The summed E-state index contributed by atoms with van der Waals surface area (Å²) in [6, 6.07) is 3.65. The molecule has 0 saturated heterocycles. The summed E-state index contributed by atoms with van der Waals surface area (Å²) in [6.45, 7) is 0. The molecule has 0 atom stereocenters. The van der Waals surface area contributed by atoms with E-state index in [1.807, 2.05) is 0 Å². The standard InChI is InChI=1S/C12H9F2NO2/c1-16-4-2-8-6-9(11(14)7-10(8)13)12-3-5-17-15-12/h2-7H,1H3. The summed E-state index contributed by atoms with van der Waals surface area (Å²) >= 11 is 0. The fraction of sp³-hybridized carbons (Fsp3) is 0.0833. The van der Waals surface area contributed by atoms with E-state index in [-0.39, 0.29) is 11.1 Å². The van der Waals surface area contributed by atoms with Crippen molar-refractivity contribution < 1.29 is 18.0 Å². The summed E-state index contributed by atoms with van der Waals surface area (Å²) in [5, 5.41) is 3.61. The Balaban J connectivity index is 2.50. The third kappa shape index (κ3) is 2.33. The average molecular weight is 237 g/mol. The van der Waals surface area contributed by atoms with E-state index in [9.17, 15) is 8.78 Å². The summed E-state index contributed by atoms with van der Waals surface area (Å²) < 4.78 is 36.3. The fourth-order valence-electron chi connectivity index (χ4n) is 1.38. The SMILES string of the molecule is COC=Cc1cc(-c2ccon2)c(F)cc1F. The first-order chi connectivity index (χ1) is 8.22. The van der Waals surface area contributed by atoms with E-state index in [4.69, 9.17) is 0 Å². The van der Waals surface area contributed by atoms with Gasteiger partial charge >= 0.3 is 0 Å². The van der Waals surface area contributed by atoms with Crippen molar-refractivity contribution in [2.45, 2.75) is 0 Å². The molecule has 0 amide bonds. The summed E-state index contributed by atoms with van der Waals surface area (Å²) in [7, 11) is 1.44. The molecule has 0 bridgehead atoms. The van der Waals surface area contributed by atoms with Crippen LogP contribution in [0.25, 0.3) is 17.3 Å². The van der Waals surface area contributed by atoms with Crippen LogP contribution in [0.4, 0.5) is 8.78 Å². The number of halogens is 2. The second-order valence-electron chi connectivity index (χ2n) is 3.28. The molecule has 0 spiro atoms. The van der Waals surface area contributed by atoms with Gasteiger partial charge in [0.25, 0.3) is 0 Å². The molecule has 0 aliphatic rings. The van der Waals surface area contributed by atoms with Crippen molar-refractivity contribution >= 4 is 6.08 Å². The molecular formula is C12H9F2NO2. The Kier molecular flexibility index (Phi) is 3.18. The van der Waals surface area contributed by atoms with Crippen LogP contribution < -0.4 is 0 Å². The van der Waals surface area contributed by atoms with Gasteiger partial charge in [-0.1, -0.05) is 5.16 Å². The third-order valence-electron chi connectivity index (χ3n) is 2.18. The summed E-state index contributed by atoms with van der Waals surface area (Å²) in [4.78, 5) is 0. The molecule has 17 heavy (non-hydrogen) atoms. The lowest BCUT2D eigenvalue weighted by Crippen LogP contribution is -1.91. The Bertz CT molecular complexity index is 536. The van der Waals surface area contributed by atoms with Crippen LogP contribution in [-0.2, 0) is 4.74 Å². The van der Waals surface area contributed by atoms with Gasteiger partial charge in [-0.2, -0.15) is 0 Å². The molecule has 0 N–H and O–H groups in total. The minimum atomic E-state index is -0.689. The lowest BCUT2D eigenvalue weighted by molar-refractivity contribution is 0.341. The highest BCUT2D eigenvalue weighted by Crippen LogP contribution is 2.25. The predicted molar refractivity (Wildman–Crippen MR) is 57.9 cm³/mol. The van der Waals surface area contributed by atoms with Gasteiger partial charge in [-0.25, -0.2) is 8.78 Å². The Morgan fingerprint density at radius 3 is 2.76 bits per heavy atom. The highest BCUT2D eigenvalue weighted by atomic mass is 19.1. The second-order valence-corrected chi connectivity index (χ2v) is 3.28. The van der Waals surface area contributed by atoms with E-state index in [0.29, 0.717) is 5.69 Å². The number of hydrogen-bond acceptors (Lipinski definition) is 3. The smallest absolute Gasteiger partial charge is 0.135 e. The Hall–Kier alpha value is -2.17. The van der Waals surface area contributed by atoms with Crippen LogP contribution in [-0.4, -0.2) is 12.3 Å². The van der Waals surface area contributed by atoms with E-state index >= 15 is 0 Å². The zero-order valence-electron chi connectivity index (χ0n) is 8.98. The fourth-order valence-corrected chi connectivity index (χ4v) is 1.38. The molecule has 0 unspecified atom stereocenters. The highest BCUT2D eigenvalue weighted by Gasteiger charge is 2.12. The molecule has 1 aromatic carbocycles. The zero-order valence-corrected chi connectivity index (χ0v) is 8.98. The summed E-state index contributed by atoms with van der Waals surface area (Å²) in [5.41, 5.74) is 0.705. The maximum absolute atomic E-state index is 13.5. The molecule has 88 valence electrons. The first-order valence-corrected chi connectivity index (χ1v) is 4.81. The summed E-state index contributed by atoms with van der Waals surface area (Å²) in [6.07, 6.45) is 4.03. The van der Waals surface area contributed by atoms with E-state index < -0.39 is 11.6 Å². The third-order valence-corrected chi connectivity index (χ3v) is 2.18. The number of ether oxygens (including phenoxy) is 1. The molecule has 2 aromatic rings. The van der Waals surface area contributed by atoms with Gasteiger partial charge in [-0.05, 0) is 12.1 Å². The Labute approximate surface area is 96.3 Å². The van der Waals surface area contributed by atoms with Crippen molar-refractivity contribution in [3.8, 4) is 11.3 Å². The summed E-state index contributed by atoms with van der Waals surface area (Å²) in [5.74, 6) is -1.35. The van der Waals surface area contributed by atoms with Gasteiger partial charge in [0, 0.05) is 23.3 Å². The van der Waals surface area contributed by atoms with Crippen LogP contribution in [0.1, 0.15) is 5.56 Å². The van der Waals surface area contributed by atoms with E-state index in [1.165, 1.54) is 37.8 Å². The predicted octanol–water partition coefficient (Wildman–Crippen LogP) is 3.24. The first kappa shape index (κ1) is 11.3. The van der Waals surface area contributed by atoms with E-state index in [2.05, 4.69) is 14.4 Å². The van der Waals surface area contributed by atoms with Crippen molar-refractivity contribution in [3.05, 3.63) is 47.9 Å². The number of aromatic nitrogens is 1. The monoisotopic (exact) mass is 237 g/mol. The van der Waals surface area contributed by atoms with Gasteiger partial charge in [-0.3, -0.25) is 0 Å². The zero-order chi connectivity index (χ0) is 12.3. The van der Waals surface area contributed by atoms with E-state index in [1.54, 1.807) is 0 Å². The van der Waals surface area contributed by atoms with Crippen LogP contribution in [0.3, 0.4) is 0 Å². The van der Waals surface area contributed by atoms with Gasteiger partial charge in [-0.15, -0.1) is 0 Å². The lowest BCUT2D eigenvalue weighted by atomic mass is 10.1. The van der Waals surface area contributed by atoms with Crippen molar-refractivity contribution in [1.29, 1.82) is 0 Å². The minimum absolute atomic E-state index is 0.177. The molecule has 1 aromatic heterocycles. The maximum atomic E-state index is 13.5. The molecular weight excluding hydrogens is 228 g/mol. The van der Waals surface area contributed by atoms with Crippen molar-refractivity contribution in [1.82, 2.24) is 5.16 Å². The number of methoxy groups -OCH3 is 1. The number of hydrogen-bond donors (Lipinski definition) is 0. The Morgan fingerprint density at radius 1 is 1.29 bits per heavy atom. The van der Waals surface area contributed by atoms with Gasteiger partial charge < -0.3 is 9.26 Å². The highest BCUT2D eigenvalue weighted by molar-refractivity contribution is 5.64. The second kappa shape index (κ2) is 4.78. The van der Waals surface area contributed by atoms with Gasteiger partial charge in [0.05, 0.1) is 13.4 Å². The molecule has 1 heterocycles. The molecule has 0 radical (unpaired) electrons. The van der Waals surface area contributed by atoms with Crippen LogP contribution in [0, 0.1) is 11.6 Å². The molecule has 5 heteroatoms. The average Bonchev–Trinajstić information content (AvgIpc) is 2.81. The minimum Gasteiger partial charge on any atom is -0.504 e. The number of rotatable bonds is 3. The topological polar surface area (TPSA) is 35.3 Å². The molecule has 0 aliphatic heterocycles. The van der Waals surface area contributed by atoms with Crippen LogP contribution in [0.15, 0.2) is 35.2 Å². The van der Waals surface area contributed by atoms with Crippen LogP contribution in [0.5, 0.6) is 0 Å². The molecule has 0 fully saturated rings. The van der Waals surface area contributed by atoms with Gasteiger partial charge in [0.15, 0.2) is 0 Å². The molecule has 0 aliphatic carbocycles. The maximum Gasteiger partial charge on any atom is 0.135 e. The molecule has 0 saturated carbocycles. The lowest BCUT2D eigenvalue weighted by Gasteiger charge is -2.02. The quantitative estimate of drug-likeness (QED) is 0.769. The van der Waals surface area contributed by atoms with Crippen molar-refractivity contribution in [3.63, 3.8) is 0 Å². The van der Waals surface area contributed by atoms with Crippen molar-refractivity contribution in [2.75, 3.05) is 7.11 Å². The first-order valence-electron chi connectivity index (χ1n) is 4.81.